The highest BCUT2D eigenvalue weighted by Crippen LogP contribution is 2.38. The molecule has 0 spiro atoms. The van der Waals surface area contributed by atoms with Crippen molar-refractivity contribution in [3.8, 4) is 0 Å². The van der Waals surface area contributed by atoms with Gasteiger partial charge in [0.05, 0.1) is 0 Å². The highest BCUT2D eigenvalue weighted by atomic mass is 32.1. The second-order valence-corrected chi connectivity index (χ2v) is 5.86. The van der Waals surface area contributed by atoms with Crippen LogP contribution in [0, 0.1) is 26.6 Å². The van der Waals surface area contributed by atoms with Crippen LogP contribution in [-0.2, 0) is 5.60 Å². The van der Waals surface area contributed by atoms with Gasteiger partial charge in [0.2, 0.25) is 0 Å². The molecule has 2 rings (SSSR count). The van der Waals surface area contributed by atoms with E-state index in [1.54, 1.807) is 6.92 Å². The molecule has 1 N–H and O–H groups in total. The smallest absolute Gasteiger partial charge is 0.130 e. The van der Waals surface area contributed by atoms with Crippen LogP contribution in [0.2, 0.25) is 0 Å². The molecule has 0 fully saturated rings. The lowest BCUT2D eigenvalue weighted by atomic mass is 9.88. The Morgan fingerprint density at radius 3 is 2.33 bits per heavy atom. The Labute approximate surface area is 111 Å². The molecule has 1 heterocycles. The van der Waals surface area contributed by atoms with Crippen molar-refractivity contribution in [1.82, 2.24) is 0 Å². The van der Waals surface area contributed by atoms with Gasteiger partial charge in [0.15, 0.2) is 0 Å². The molecule has 1 aromatic carbocycles. The summed E-state index contributed by atoms with van der Waals surface area (Å²) in [7, 11) is 0. The first-order chi connectivity index (χ1) is 8.34. The number of thiophene rings is 1. The Morgan fingerprint density at radius 1 is 1.17 bits per heavy atom. The Bertz CT molecular complexity index is 561. The number of rotatable bonds is 2. The average molecular weight is 264 g/mol. The van der Waals surface area contributed by atoms with Crippen LogP contribution < -0.4 is 0 Å². The fourth-order valence-corrected chi connectivity index (χ4v) is 3.51. The largest absolute Gasteiger partial charge is 0.380 e. The SMILES string of the molecule is Cc1cc(C)c(C(C)(O)c2sccc2C)c(F)c1. The standard InChI is InChI=1S/C15H17FOS/c1-9-7-11(3)13(12(16)8-9)15(4,17)14-10(2)5-6-18-14/h5-8,17H,1-4H3. The van der Waals surface area contributed by atoms with Crippen molar-refractivity contribution in [2.75, 3.05) is 0 Å². The van der Waals surface area contributed by atoms with Crippen molar-refractivity contribution in [3.05, 3.63) is 56.5 Å². The molecule has 0 bridgehead atoms. The first kappa shape index (κ1) is 13.2. The van der Waals surface area contributed by atoms with Crippen LogP contribution in [0.15, 0.2) is 23.6 Å². The Kier molecular flexibility index (Phi) is 3.30. The minimum atomic E-state index is -1.28. The molecular formula is C15H17FOS. The normalized spacial score (nSPS) is 14.6. The topological polar surface area (TPSA) is 20.2 Å². The van der Waals surface area contributed by atoms with E-state index in [-0.39, 0.29) is 5.82 Å². The molecule has 1 aromatic heterocycles. The summed E-state index contributed by atoms with van der Waals surface area (Å²) in [5.74, 6) is -0.342. The molecule has 0 saturated heterocycles. The van der Waals surface area contributed by atoms with E-state index in [2.05, 4.69) is 0 Å². The van der Waals surface area contributed by atoms with E-state index in [4.69, 9.17) is 0 Å². The molecule has 1 unspecified atom stereocenters. The van der Waals surface area contributed by atoms with Gasteiger partial charge in [-0.3, -0.25) is 0 Å². The quantitative estimate of drug-likeness (QED) is 0.867. The van der Waals surface area contributed by atoms with Crippen molar-refractivity contribution in [3.63, 3.8) is 0 Å². The highest BCUT2D eigenvalue weighted by Gasteiger charge is 2.33. The number of aryl methyl sites for hydroxylation is 3. The number of benzene rings is 1. The van der Waals surface area contributed by atoms with Gasteiger partial charge in [0, 0.05) is 10.4 Å². The van der Waals surface area contributed by atoms with Crippen molar-refractivity contribution in [2.24, 2.45) is 0 Å². The molecule has 3 heteroatoms. The maximum Gasteiger partial charge on any atom is 0.130 e. The number of halogens is 1. The first-order valence-electron chi connectivity index (χ1n) is 5.88. The zero-order chi connectivity index (χ0) is 13.5. The summed E-state index contributed by atoms with van der Waals surface area (Å²) in [5.41, 5.74) is 1.74. The Hall–Kier alpha value is -1.19. The van der Waals surface area contributed by atoms with Gasteiger partial charge in [0.1, 0.15) is 11.4 Å². The van der Waals surface area contributed by atoms with Crippen molar-refractivity contribution in [2.45, 2.75) is 33.3 Å². The van der Waals surface area contributed by atoms with E-state index in [1.807, 2.05) is 38.3 Å². The lowest BCUT2D eigenvalue weighted by molar-refractivity contribution is 0.100. The van der Waals surface area contributed by atoms with Gasteiger partial charge in [-0.2, -0.15) is 0 Å². The third kappa shape index (κ3) is 2.08. The Balaban J connectivity index is 2.65. The van der Waals surface area contributed by atoms with Crippen LogP contribution in [-0.4, -0.2) is 5.11 Å². The average Bonchev–Trinajstić information content (AvgIpc) is 2.62. The lowest BCUT2D eigenvalue weighted by Crippen LogP contribution is -2.25. The van der Waals surface area contributed by atoms with E-state index in [0.717, 1.165) is 21.6 Å². The van der Waals surface area contributed by atoms with Crippen molar-refractivity contribution in [1.29, 1.82) is 0 Å². The number of aliphatic hydroxyl groups is 1. The molecule has 18 heavy (non-hydrogen) atoms. The molecule has 0 saturated carbocycles. The molecule has 0 aliphatic carbocycles. The second-order valence-electron chi connectivity index (χ2n) is 4.94. The third-order valence-corrected chi connectivity index (χ3v) is 4.45. The fourth-order valence-electron chi connectivity index (χ4n) is 2.52. The molecule has 0 amide bonds. The molecule has 1 atom stereocenters. The van der Waals surface area contributed by atoms with Gasteiger partial charge in [0.25, 0.3) is 0 Å². The molecular weight excluding hydrogens is 247 g/mol. The van der Waals surface area contributed by atoms with Crippen LogP contribution >= 0.6 is 11.3 Å². The summed E-state index contributed by atoms with van der Waals surface area (Å²) in [6.45, 7) is 7.28. The minimum absolute atomic E-state index is 0.342. The highest BCUT2D eigenvalue weighted by molar-refractivity contribution is 7.10. The molecule has 0 aliphatic rings. The van der Waals surface area contributed by atoms with Gasteiger partial charge in [-0.05, 0) is 61.9 Å². The van der Waals surface area contributed by atoms with Gasteiger partial charge in [-0.1, -0.05) is 6.07 Å². The van der Waals surface area contributed by atoms with E-state index in [0.29, 0.717) is 5.56 Å². The van der Waals surface area contributed by atoms with Crippen LogP contribution in [0.25, 0.3) is 0 Å². The van der Waals surface area contributed by atoms with Crippen LogP contribution in [0.3, 0.4) is 0 Å². The minimum Gasteiger partial charge on any atom is -0.380 e. The molecule has 2 aromatic rings. The predicted octanol–water partition coefficient (Wildman–Crippen LogP) is 4.07. The maximum atomic E-state index is 14.2. The number of hydrogen-bond acceptors (Lipinski definition) is 2. The fraction of sp³-hybridized carbons (Fsp3) is 0.333. The molecule has 0 radical (unpaired) electrons. The summed E-state index contributed by atoms with van der Waals surface area (Å²) in [4.78, 5) is 0.799. The van der Waals surface area contributed by atoms with Gasteiger partial charge >= 0.3 is 0 Å². The van der Waals surface area contributed by atoms with Gasteiger partial charge in [-0.25, -0.2) is 4.39 Å². The van der Waals surface area contributed by atoms with Crippen LogP contribution in [0.1, 0.15) is 34.1 Å². The van der Waals surface area contributed by atoms with Gasteiger partial charge in [-0.15, -0.1) is 11.3 Å². The van der Waals surface area contributed by atoms with E-state index < -0.39 is 5.60 Å². The van der Waals surface area contributed by atoms with Crippen LogP contribution in [0.4, 0.5) is 4.39 Å². The van der Waals surface area contributed by atoms with Gasteiger partial charge < -0.3 is 5.11 Å². The summed E-state index contributed by atoms with van der Waals surface area (Å²) in [5, 5.41) is 12.7. The molecule has 96 valence electrons. The number of hydrogen-bond donors (Lipinski definition) is 1. The zero-order valence-electron chi connectivity index (χ0n) is 11.0. The van der Waals surface area contributed by atoms with Crippen LogP contribution in [0.5, 0.6) is 0 Å². The molecule has 0 aliphatic heterocycles. The zero-order valence-corrected chi connectivity index (χ0v) is 11.9. The second kappa shape index (κ2) is 4.48. The monoisotopic (exact) mass is 264 g/mol. The van der Waals surface area contributed by atoms with Crippen molar-refractivity contribution >= 4 is 11.3 Å². The van der Waals surface area contributed by atoms with E-state index >= 15 is 0 Å². The van der Waals surface area contributed by atoms with E-state index in [9.17, 15) is 9.50 Å². The summed E-state index contributed by atoms with van der Waals surface area (Å²) in [6.07, 6.45) is 0. The third-order valence-electron chi connectivity index (χ3n) is 3.22. The summed E-state index contributed by atoms with van der Waals surface area (Å²) in [6, 6.07) is 5.31. The first-order valence-corrected chi connectivity index (χ1v) is 6.76. The Morgan fingerprint density at radius 2 is 1.83 bits per heavy atom. The summed E-state index contributed by atoms with van der Waals surface area (Å²) < 4.78 is 14.2. The van der Waals surface area contributed by atoms with E-state index in [1.165, 1.54) is 17.4 Å². The molecule has 1 nitrogen and oxygen atoms in total. The van der Waals surface area contributed by atoms with Crippen molar-refractivity contribution < 1.29 is 9.50 Å². The predicted molar refractivity (Wildman–Crippen MR) is 73.6 cm³/mol. The summed E-state index contributed by atoms with van der Waals surface area (Å²) >= 11 is 1.46. The lowest BCUT2D eigenvalue weighted by Gasteiger charge is -2.26. The maximum absolute atomic E-state index is 14.2.